The summed E-state index contributed by atoms with van der Waals surface area (Å²) in [6.45, 7) is 5.39. The van der Waals surface area contributed by atoms with Gasteiger partial charge in [0.25, 0.3) is 0 Å². The van der Waals surface area contributed by atoms with E-state index in [9.17, 15) is 4.79 Å². The fourth-order valence-corrected chi connectivity index (χ4v) is 5.40. The molecule has 3 aromatic heterocycles. The van der Waals surface area contributed by atoms with Gasteiger partial charge in [0, 0.05) is 48.7 Å². The first-order chi connectivity index (χ1) is 15.3. The molecule has 1 aliphatic heterocycles. The van der Waals surface area contributed by atoms with Gasteiger partial charge in [0.2, 0.25) is 5.91 Å². The van der Waals surface area contributed by atoms with E-state index in [1.165, 1.54) is 11.3 Å². The number of hydrogen-bond donors (Lipinski definition) is 1. The smallest absolute Gasteiger partial charge is 0.228 e. The highest BCUT2D eigenvalue weighted by atomic mass is 35.5. The van der Waals surface area contributed by atoms with E-state index in [0.29, 0.717) is 16.8 Å². The first-order valence-corrected chi connectivity index (χ1v) is 11.7. The van der Waals surface area contributed by atoms with Crippen LogP contribution in [0.2, 0.25) is 5.02 Å². The van der Waals surface area contributed by atoms with E-state index in [1.807, 2.05) is 30.2 Å². The molecule has 1 aliphatic carbocycles. The molecule has 1 saturated carbocycles. The van der Waals surface area contributed by atoms with Gasteiger partial charge in [-0.2, -0.15) is 10.2 Å². The van der Waals surface area contributed by atoms with Crippen molar-refractivity contribution in [2.75, 3.05) is 5.32 Å². The molecule has 0 spiro atoms. The summed E-state index contributed by atoms with van der Waals surface area (Å²) in [5.74, 6) is 0.909. The SMILES string of the molecule is Cn1cc(C2CCCC(C(=O)Nc3cc(-c4cnn5c4CC(C)(C)C5)c(Cl)cn3)C2)cn1. The number of aryl methyl sites for hydroxylation is 1. The molecule has 1 amide bonds. The minimum atomic E-state index is -0.0314. The van der Waals surface area contributed by atoms with Gasteiger partial charge in [-0.15, -0.1) is 0 Å². The van der Waals surface area contributed by atoms with Gasteiger partial charge < -0.3 is 5.32 Å². The molecule has 4 heterocycles. The number of rotatable bonds is 4. The topological polar surface area (TPSA) is 77.6 Å². The Balaban J connectivity index is 1.33. The van der Waals surface area contributed by atoms with Gasteiger partial charge >= 0.3 is 0 Å². The molecule has 168 valence electrons. The number of fused-ring (bicyclic) bond motifs is 1. The highest BCUT2D eigenvalue weighted by Gasteiger charge is 2.32. The Morgan fingerprint density at radius 2 is 2.03 bits per heavy atom. The summed E-state index contributed by atoms with van der Waals surface area (Å²) in [6, 6.07) is 1.88. The molecule has 1 fully saturated rings. The van der Waals surface area contributed by atoms with Crippen LogP contribution in [0.5, 0.6) is 0 Å². The lowest BCUT2D eigenvalue weighted by molar-refractivity contribution is -0.120. The minimum Gasteiger partial charge on any atom is -0.310 e. The van der Waals surface area contributed by atoms with Gasteiger partial charge in [-0.25, -0.2) is 4.98 Å². The summed E-state index contributed by atoms with van der Waals surface area (Å²) in [4.78, 5) is 17.5. The summed E-state index contributed by atoms with van der Waals surface area (Å²) in [7, 11) is 1.93. The van der Waals surface area contributed by atoms with Crippen molar-refractivity contribution in [2.45, 2.75) is 58.4 Å². The van der Waals surface area contributed by atoms with Crippen molar-refractivity contribution in [3.8, 4) is 11.1 Å². The van der Waals surface area contributed by atoms with Gasteiger partial charge in [-0.1, -0.05) is 31.9 Å². The highest BCUT2D eigenvalue weighted by Crippen LogP contribution is 2.40. The lowest BCUT2D eigenvalue weighted by Gasteiger charge is -2.27. The van der Waals surface area contributed by atoms with E-state index in [1.54, 1.807) is 6.20 Å². The second-order valence-electron chi connectivity index (χ2n) is 10.1. The third-order valence-electron chi connectivity index (χ3n) is 6.81. The summed E-state index contributed by atoms with van der Waals surface area (Å²) in [6.07, 6.45) is 12.3. The molecule has 0 saturated heterocycles. The summed E-state index contributed by atoms with van der Waals surface area (Å²) < 4.78 is 3.89. The number of carbonyl (C=O) groups excluding carboxylic acids is 1. The van der Waals surface area contributed by atoms with Gasteiger partial charge in [-0.05, 0) is 48.6 Å². The zero-order valence-electron chi connectivity index (χ0n) is 18.8. The second kappa shape index (κ2) is 8.03. The number of aromatic nitrogens is 5. The predicted octanol–water partition coefficient (Wildman–Crippen LogP) is 4.83. The van der Waals surface area contributed by atoms with Gasteiger partial charge in [-0.3, -0.25) is 14.2 Å². The second-order valence-corrected chi connectivity index (χ2v) is 10.5. The van der Waals surface area contributed by atoms with Crippen LogP contribution in [0.3, 0.4) is 0 Å². The van der Waals surface area contributed by atoms with E-state index in [2.05, 4.69) is 45.2 Å². The molecule has 2 aliphatic rings. The van der Waals surface area contributed by atoms with Gasteiger partial charge in [0.15, 0.2) is 0 Å². The Morgan fingerprint density at radius 1 is 1.19 bits per heavy atom. The van der Waals surface area contributed by atoms with E-state index in [0.717, 1.165) is 49.8 Å². The molecule has 2 atom stereocenters. The van der Waals surface area contributed by atoms with Crippen molar-refractivity contribution in [3.63, 3.8) is 0 Å². The molecular formula is C24H29ClN6O. The van der Waals surface area contributed by atoms with Crippen LogP contribution in [0.4, 0.5) is 5.82 Å². The maximum Gasteiger partial charge on any atom is 0.228 e. The standard InChI is InChI=1S/C24H29ClN6O/c1-24(2)9-21-19(11-28-31(21)14-24)18-8-22(26-12-20(18)25)29-23(32)16-6-4-5-15(7-16)17-10-27-30(3)13-17/h8,10-13,15-16H,4-7,9,14H2,1-3H3,(H,26,29,32). The normalized spacial score (nSPS) is 22.0. The fraction of sp³-hybridized carbons (Fsp3) is 0.500. The Hall–Kier alpha value is -2.67. The molecule has 0 aromatic carbocycles. The van der Waals surface area contributed by atoms with Crippen molar-refractivity contribution in [1.82, 2.24) is 24.5 Å². The Labute approximate surface area is 193 Å². The molecule has 7 nitrogen and oxygen atoms in total. The quantitative estimate of drug-likeness (QED) is 0.615. The molecule has 8 heteroatoms. The van der Waals surface area contributed by atoms with Crippen molar-refractivity contribution in [2.24, 2.45) is 18.4 Å². The molecule has 1 N–H and O–H groups in total. The summed E-state index contributed by atoms with van der Waals surface area (Å²) in [5, 5.41) is 12.5. The van der Waals surface area contributed by atoms with Crippen molar-refractivity contribution in [3.05, 3.63) is 47.1 Å². The van der Waals surface area contributed by atoms with Crippen LogP contribution < -0.4 is 5.32 Å². The third-order valence-corrected chi connectivity index (χ3v) is 7.11. The van der Waals surface area contributed by atoms with Gasteiger partial charge in [0.05, 0.1) is 17.4 Å². The minimum absolute atomic E-state index is 0.0285. The molecule has 3 aromatic rings. The number of nitrogens with zero attached hydrogens (tertiary/aromatic N) is 5. The first-order valence-electron chi connectivity index (χ1n) is 11.3. The van der Waals surface area contributed by atoms with Crippen LogP contribution in [0, 0.1) is 11.3 Å². The maximum absolute atomic E-state index is 13.1. The van der Waals surface area contributed by atoms with Crippen LogP contribution in [0.1, 0.15) is 56.7 Å². The number of pyridine rings is 1. The fourth-order valence-electron chi connectivity index (χ4n) is 5.20. The third kappa shape index (κ3) is 4.06. The first kappa shape index (κ1) is 21.2. The van der Waals surface area contributed by atoms with E-state index in [-0.39, 0.29) is 17.2 Å². The van der Waals surface area contributed by atoms with Crippen molar-refractivity contribution in [1.29, 1.82) is 0 Å². The number of carbonyl (C=O) groups is 1. The largest absolute Gasteiger partial charge is 0.310 e. The highest BCUT2D eigenvalue weighted by molar-refractivity contribution is 6.33. The van der Waals surface area contributed by atoms with E-state index >= 15 is 0 Å². The Morgan fingerprint density at radius 3 is 2.81 bits per heavy atom. The number of hydrogen-bond acceptors (Lipinski definition) is 4. The summed E-state index contributed by atoms with van der Waals surface area (Å²) in [5.41, 5.74) is 4.48. The molecule has 0 bridgehead atoms. The molecule has 32 heavy (non-hydrogen) atoms. The molecular weight excluding hydrogens is 424 g/mol. The number of anilines is 1. The number of halogens is 1. The van der Waals surface area contributed by atoms with Crippen LogP contribution in [0.25, 0.3) is 11.1 Å². The van der Waals surface area contributed by atoms with Crippen LogP contribution in [0.15, 0.2) is 30.9 Å². The zero-order valence-corrected chi connectivity index (χ0v) is 19.6. The van der Waals surface area contributed by atoms with Crippen LogP contribution in [-0.2, 0) is 24.8 Å². The lowest BCUT2D eigenvalue weighted by atomic mass is 9.78. The van der Waals surface area contributed by atoms with E-state index < -0.39 is 0 Å². The molecule has 0 radical (unpaired) electrons. The summed E-state index contributed by atoms with van der Waals surface area (Å²) >= 11 is 6.51. The zero-order chi connectivity index (χ0) is 22.5. The van der Waals surface area contributed by atoms with Crippen LogP contribution >= 0.6 is 11.6 Å². The average molecular weight is 453 g/mol. The number of nitrogens with one attached hydrogen (secondary N) is 1. The maximum atomic E-state index is 13.1. The molecule has 5 rings (SSSR count). The van der Waals surface area contributed by atoms with Crippen LogP contribution in [-0.4, -0.2) is 30.5 Å². The van der Waals surface area contributed by atoms with Crippen molar-refractivity contribution >= 4 is 23.3 Å². The van der Waals surface area contributed by atoms with Gasteiger partial charge in [0.1, 0.15) is 5.82 Å². The lowest BCUT2D eigenvalue weighted by Crippen LogP contribution is -2.27. The van der Waals surface area contributed by atoms with Crippen molar-refractivity contribution < 1.29 is 4.79 Å². The monoisotopic (exact) mass is 452 g/mol. The average Bonchev–Trinajstić information content (AvgIpc) is 3.43. The Kier molecular flexibility index (Phi) is 5.32. The predicted molar refractivity (Wildman–Crippen MR) is 124 cm³/mol. The molecule has 2 unspecified atom stereocenters. The number of amides is 1. The Bertz CT molecular complexity index is 1160. The van der Waals surface area contributed by atoms with E-state index in [4.69, 9.17) is 11.6 Å².